The molecule has 14 heavy (non-hydrogen) atoms. The molecule has 1 nitrogen and oxygen atoms in total. The first-order valence-electron chi connectivity index (χ1n) is 5.07. The first-order chi connectivity index (χ1) is 6.58. The lowest BCUT2D eigenvalue weighted by Gasteiger charge is -2.39. The van der Waals surface area contributed by atoms with Crippen molar-refractivity contribution in [2.24, 2.45) is 5.41 Å². The molecule has 76 valence electrons. The third-order valence-corrected chi connectivity index (χ3v) is 3.44. The maximum atomic E-state index is 12.9. The summed E-state index contributed by atoms with van der Waals surface area (Å²) in [4.78, 5) is 0. The molecule has 3 heteroatoms. The topological polar surface area (TPSA) is 23.8 Å². The van der Waals surface area contributed by atoms with Gasteiger partial charge in [-0.05, 0) is 25.7 Å². The van der Waals surface area contributed by atoms with Gasteiger partial charge in [0.15, 0.2) is 0 Å². The normalized spacial score (nSPS) is 28.5. The maximum Gasteiger partial charge on any atom is 0.251 e. The van der Waals surface area contributed by atoms with Gasteiger partial charge in [0, 0.05) is 12.8 Å². The first-order valence-corrected chi connectivity index (χ1v) is 5.07. The van der Waals surface area contributed by atoms with Gasteiger partial charge in [0.25, 0.3) is 5.92 Å². The molecule has 1 fully saturated rings. The van der Waals surface area contributed by atoms with Gasteiger partial charge in [0.1, 0.15) is 0 Å². The van der Waals surface area contributed by atoms with E-state index in [1.807, 2.05) is 0 Å². The van der Waals surface area contributed by atoms with Crippen LogP contribution < -0.4 is 0 Å². The largest absolute Gasteiger partial charge is 0.251 e. The first kappa shape index (κ1) is 9.64. The Morgan fingerprint density at radius 2 is 2.00 bits per heavy atom. The van der Waals surface area contributed by atoms with Gasteiger partial charge in [-0.25, -0.2) is 8.78 Å². The van der Waals surface area contributed by atoms with Gasteiger partial charge in [-0.3, -0.25) is 0 Å². The minimum Gasteiger partial charge on any atom is -0.207 e. The van der Waals surface area contributed by atoms with Crippen LogP contribution in [-0.4, -0.2) is 5.92 Å². The van der Waals surface area contributed by atoms with E-state index in [1.54, 1.807) is 6.08 Å². The van der Waals surface area contributed by atoms with E-state index in [0.717, 1.165) is 24.8 Å². The summed E-state index contributed by atoms with van der Waals surface area (Å²) in [7, 11) is 0. The second-order valence-corrected chi connectivity index (χ2v) is 4.34. The molecule has 0 aliphatic heterocycles. The molecule has 0 amide bonds. The molecule has 0 aromatic rings. The Labute approximate surface area is 82.4 Å². The quantitative estimate of drug-likeness (QED) is 0.591. The predicted octanol–water partition coefficient (Wildman–Crippen LogP) is 3.43. The zero-order valence-corrected chi connectivity index (χ0v) is 8.02. The van der Waals surface area contributed by atoms with Crippen molar-refractivity contribution in [2.45, 2.75) is 44.4 Å². The highest BCUT2D eigenvalue weighted by Crippen LogP contribution is 2.50. The smallest absolute Gasteiger partial charge is 0.207 e. The molecule has 0 unspecified atom stereocenters. The fourth-order valence-corrected chi connectivity index (χ4v) is 2.26. The Bertz CT molecular complexity index is 308. The minimum absolute atomic E-state index is 0.0811. The van der Waals surface area contributed by atoms with Crippen molar-refractivity contribution in [3.05, 3.63) is 11.6 Å². The second-order valence-electron chi connectivity index (χ2n) is 4.34. The fourth-order valence-electron chi connectivity index (χ4n) is 2.26. The lowest BCUT2D eigenvalue weighted by Crippen LogP contribution is -2.33. The molecule has 0 heterocycles. The van der Waals surface area contributed by atoms with Gasteiger partial charge >= 0.3 is 0 Å². The summed E-state index contributed by atoms with van der Waals surface area (Å²) in [6.07, 6.45) is 4.53. The second kappa shape index (κ2) is 3.05. The Balaban J connectivity index is 2.14. The molecule has 0 N–H and O–H groups in total. The molecule has 0 bridgehead atoms. The number of nitriles is 1. The maximum absolute atomic E-state index is 12.9. The molecule has 0 radical (unpaired) electrons. The standard InChI is InChI=1S/C11H13F2N/c12-11(13)6-2-9(3-7-11)10(8-14)4-1-5-10/h2H,1,3-7H2. The van der Waals surface area contributed by atoms with Crippen molar-refractivity contribution in [1.29, 1.82) is 5.26 Å². The lowest BCUT2D eigenvalue weighted by molar-refractivity contribution is -0.0116. The van der Waals surface area contributed by atoms with Crippen molar-refractivity contribution in [3.8, 4) is 6.07 Å². The number of halogens is 2. The minimum atomic E-state index is -2.54. The molecular formula is C11H13F2N. The van der Waals surface area contributed by atoms with Gasteiger partial charge in [-0.2, -0.15) is 5.26 Å². The van der Waals surface area contributed by atoms with Crippen LogP contribution in [0, 0.1) is 16.7 Å². The lowest BCUT2D eigenvalue weighted by atomic mass is 9.63. The van der Waals surface area contributed by atoms with Gasteiger partial charge in [0.2, 0.25) is 0 Å². The van der Waals surface area contributed by atoms with E-state index in [4.69, 9.17) is 5.26 Å². The summed E-state index contributed by atoms with van der Waals surface area (Å²) in [6.45, 7) is 0. The Hall–Kier alpha value is -0.910. The van der Waals surface area contributed by atoms with E-state index in [-0.39, 0.29) is 18.3 Å². The Morgan fingerprint density at radius 3 is 2.36 bits per heavy atom. The summed E-state index contributed by atoms with van der Waals surface area (Å²) in [6, 6.07) is 2.30. The van der Waals surface area contributed by atoms with Crippen LogP contribution in [0.3, 0.4) is 0 Å². The van der Waals surface area contributed by atoms with Gasteiger partial charge in [-0.15, -0.1) is 0 Å². The highest BCUT2D eigenvalue weighted by Gasteiger charge is 2.43. The number of hydrogen-bond acceptors (Lipinski definition) is 1. The van der Waals surface area contributed by atoms with Crippen molar-refractivity contribution < 1.29 is 8.78 Å². The molecule has 0 atom stereocenters. The van der Waals surface area contributed by atoms with Crippen molar-refractivity contribution in [2.75, 3.05) is 0 Å². The average Bonchev–Trinajstić information content (AvgIpc) is 2.06. The highest BCUT2D eigenvalue weighted by molar-refractivity contribution is 5.29. The van der Waals surface area contributed by atoms with Crippen LogP contribution in [0.5, 0.6) is 0 Å². The highest BCUT2D eigenvalue weighted by atomic mass is 19.3. The van der Waals surface area contributed by atoms with E-state index >= 15 is 0 Å². The van der Waals surface area contributed by atoms with E-state index in [1.165, 1.54) is 0 Å². The average molecular weight is 197 g/mol. The van der Waals surface area contributed by atoms with Crippen LogP contribution in [0.25, 0.3) is 0 Å². The SMILES string of the molecule is N#CC1(C2=CCC(F)(F)CC2)CCC1. The zero-order chi connectivity index (χ0) is 10.2. The molecule has 0 aromatic heterocycles. The number of alkyl halides is 2. The van der Waals surface area contributed by atoms with Crippen LogP contribution in [0.1, 0.15) is 38.5 Å². The Kier molecular flexibility index (Phi) is 2.10. The monoisotopic (exact) mass is 197 g/mol. The van der Waals surface area contributed by atoms with E-state index in [0.29, 0.717) is 6.42 Å². The van der Waals surface area contributed by atoms with Crippen LogP contribution in [0.4, 0.5) is 8.78 Å². The summed E-state index contributed by atoms with van der Waals surface area (Å²) < 4.78 is 25.7. The Morgan fingerprint density at radius 1 is 1.29 bits per heavy atom. The summed E-state index contributed by atoms with van der Waals surface area (Å²) in [5.41, 5.74) is 0.605. The molecule has 0 aromatic carbocycles. The van der Waals surface area contributed by atoms with Crippen LogP contribution in [-0.2, 0) is 0 Å². The molecule has 2 rings (SSSR count). The zero-order valence-electron chi connectivity index (χ0n) is 8.02. The molecule has 0 spiro atoms. The van der Waals surface area contributed by atoms with Gasteiger partial charge in [-0.1, -0.05) is 11.6 Å². The van der Waals surface area contributed by atoms with E-state index < -0.39 is 5.92 Å². The van der Waals surface area contributed by atoms with Crippen LogP contribution in [0.2, 0.25) is 0 Å². The fraction of sp³-hybridized carbons (Fsp3) is 0.727. The molecule has 1 saturated carbocycles. The van der Waals surface area contributed by atoms with Crippen LogP contribution in [0.15, 0.2) is 11.6 Å². The third-order valence-electron chi connectivity index (χ3n) is 3.44. The number of rotatable bonds is 1. The van der Waals surface area contributed by atoms with Gasteiger partial charge < -0.3 is 0 Å². The number of hydrogen-bond donors (Lipinski definition) is 0. The van der Waals surface area contributed by atoms with Crippen molar-refractivity contribution in [1.82, 2.24) is 0 Å². The van der Waals surface area contributed by atoms with E-state index in [2.05, 4.69) is 6.07 Å². The van der Waals surface area contributed by atoms with Gasteiger partial charge in [0.05, 0.1) is 11.5 Å². The van der Waals surface area contributed by atoms with E-state index in [9.17, 15) is 8.78 Å². The molecule has 2 aliphatic carbocycles. The summed E-state index contributed by atoms with van der Waals surface area (Å²) >= 11 is 0. The predicted molar refractivity (Wildman–Crippen MR) is 48.8 cm³/mol. The summed E-state index contributed by atoms with van der Waals surface area (Å²) in [5.74, 6) is -2.54. The summed E-state index contributed by atoms with van der Waals surface area (Å²) in [5, 5.41) is 9.04. The van der Waals surface area contributed by atoms with Crippen molar-refractivity contribution >= 4 is 0 Å². The molecule has 2 aliphatic rings. The number of nitrogens with zero attached hydrogens (tertiary/aromatic N) is 1. The number of allylic oxidation sites excluding steroid dienone is 2. The third kappa shape index (κ3) is 1.43. The van der Waals surface area contributed by atoms with Crippen LogP contribution >= 0.6 is 0 Å². The molecular weight excluding hydrogens is 184 g/mol. The van der Waals surface area contributed by atoms with Crippen molar-refractivity contribution in [3.63, 3.8) is 0 Å². The molecule has 0 saturated heterocycles.